The third kappa shape index (κ3) is 3.45. The molecule has 0 radical (unpaired) electrons. The molecule has 2 amide bonds. The first-order valence-corrected chi connectivity index (χ1v) is 7.41. The molecule has 112 valence electrons. The van der Waals surface area contributed by atoms with Crippen molar-refractivity contribution in [3.8, 4) is 0 Å². The number of ketones is 1. The summed E-state index contributed by atoms with van der Waals surface area (Å²) >= 11 is 0. The summed E-state index contributed by atoms with van der Waals surface area (Å²) in [5.74, 6) is -0.499. The molecule has 1 heterocycles. The quantitative estimate of drug-likeness (QED) is 0.757. The zero-order chi connectivity index (χ0) is 14.9. The van der Waals surface area contributed by atoms with Crippen molar-refractivity contribution in [2.24, 2.45) is 23.7 Å². The number of carbonyl (C=O) groups is 3. The fourth-order valence-corrected chi connectivity index (χ4v) is 3.60. The van der Waals surface area contributed by atoms with E-state index in [1.807, 2.05) is 6.92 Å². The van der Waals surface area contributed by atoms with Gasteiger partial charge in [-0.05, 0) is 31.1 Å². The summed E-state index contributed by atoms with van der Waals surface area (Å²) in [5.41, 5.74) is 0. The SMILES string of the molecule is C[C@@H]1C[C@@H](C)C(=O)[C@H]([C@H](O)CC2CC(=O)NC(=O)C2)C1. The van der Waals surface area contributed by atoms with Gasteiger partial charge in [-0.25, -0.2) is 0 Å². The third-order valence-electron chi connectivity index (χ3n) is 4.53. The number of Topliss-reactive ketones (excluding diaryl/α,β-unsaturated/α-hetero) is 1. The fourth-order valence-electron chi connectivity index (χ4n) is 3.60. The molecule has 5 heteroatoms. The summed E-state index contributed by atoms with van der Waals surface area (Å²) in [4.78, 5) is 34.8. The Balaban J connectivity index is 1.96. The average Bonchev–Trinajstić information content (AvgIpc) is 2.32. The number of amides is 2. The molecule has 0 bridgehead atoms. The molecule has 0 aromatic heterocycles. The van der Waals surface area contributed by atoms with Crippen LogP contribution in [0.5, 0.6) is 0 Å². The first-order valence-electron chi connectivity index (χ1n) is 7.41. The first kappa shape index (κ1) is 15.2. The molecule has 4 atom stereocenters. The number of imide groups is 1. The predicted molar refractivity (Wildman–Crippen MR) is 72.6 cm³/mol. The molecule has 0 aromatic rings. The lowest BCUT2D eigenvalue weighted by Crippen LogP contribution is -2.42. The molecule has 2 rings (SSSR count). The summed E-state index contributed by atoms with van der Waals surface area (Å²) in [6.45, 7) is 4.01. The van der Waals surface area contributed by atoms with E-state index in [-0.39, 0.29) is 48.2 Å². The lowest BCUT2D eigenvalue weighted by atomic mass is 9.71. The minimum atomic E-state index is -0.739. The number of carbonyl (C=O) groups excluding carboxylic acids is 3. The van der Waals surface area contributed by atoms with Gasteiger partial charge in [0.15, 0.2) is 0 Å². The maximum absolute atomic E-state index is 12.2. The van der Waals surface area contributed by atoms with E-state index in [9.17, 15) is 19.5 Å². The van der Waals surface area contributed by atoms with Crippen molar-refractivity contribution in [3.63, 3.8) is 0 Å². The van der Waals surface area contributed by atoms with E-state index in [0.717, 1.165) is 6.42 Å². The molecular weight excluding hydrogens is 258 g/mol. The number of hydrogen-bond donors (Lipinski definition) is 2. The van der Waals surface area contributed by atoms with Crippen LogP contribution in [0.15, 0.2) is 0 Å². The Kier molecular flexibility index (Phi) is 4.58. The van der Waals surface area contributed by atoms with Crippen molar-refractivity contribution < 1.29 is 19.5 Å². The van der Waals surface area contributed by atoms with Crippen LogP contribution >= 0.6 is 0 Å². The van der Waals surface area contributed by atoms with Crippen LogP contribution in [-0.4, -0.2) is 28.8 Å². The Morgan fingerprint density at radius 1 is 1.15 bits per heavy atom. The standard InChI is InChI=1S/C15H23NO4/c1-8-3-9(2)15(20)11(4-8)12(17)5-10-6-13(18)16-14(19)7-10/h8-12,17H,3-7H2,1-2H3,(H,16,18,19)/t8-,9-,11+,12-/m1/s1. The third-order valence-corrected chi connectivity index (χ3v) is 4.53. The number of rotatable bonds is 3. The summed E-state index contributed by atoms with van der Waals surface area (Å²) < 4.78 is 0. The first-order chi connectivity index (χ1) is 9.36. The molecule has 2 fully saturated rings. The minimum absolute atomic E-state index is 0.00492. The van der Waals surface area contributed by atoms with Gasteiger partial charge in [-0.3, -0.25) is 19.7 Å². The molecular formula is C15H23NO4. The monoisotopic (exact) mass is 281 g/mol. The lowest BCUT2D eigenvalue weighted by Gasteiger charge is -2.34. The second kappa shape index (κ2) is 6.04. The Hall–Kier alpha value is -1.23. The van der Waals surface area contributed by atoms with E-state index in [0.29, 0.717) is 18.8 Å². The Morgan fingerprint density at radius 2 is 1.75 bits per heavy atom. The molecule has 1 aliphatic carbocycles. The van der Waals surface area contributed by atoms with E-state index in [4.69, 9.17) is 0 Å². The van der Waals surface area contributed by atoms with Crippen LogP contribution in [-0.2, 0) is 14.4 Å². The van der Waals surface area contributed by atoms with Gasteiger partial charge in [0, 0.05) is 24.7 Å². The van der Waals surface area contributed by atoms with E-state index < -0.39 is 6.10 Å². The highest BCUT2D eigenvalue weighted by atomic mass is 16.3. The highest BCUT2D eigenvalue weighted by Gasteiger charge is 2.38. The molecule has 2 N–H and O–H groups in total. The number of hydrogen-bond acceptors (Lipinski definition) is 4. The summed E-state index contributed by atoms with van der Waals surface area (Å²) in [5, 5.41) is 12.6. The van der Waals surface area contributed by atoms with Crippen LogP contribution in [0, 0.1) is 23.7 Å². The van der Waals surface area contributed by atoms with E-state index in [1.165, 1.54) is 0 Å². The number of aliphatic hydroxyl groups is 1. The highest BCUT2D eigenvalue weighted by Crippen LogP contribution is 2.34. The van der Waals surface area contributed by atoms with Gasteiger partial charge in [0.25, 0.3) is 0 Å². The van der Waals surface area contributed by atoms with Crippen LogP contribution in [0.25, 0.3) is 0 Å². The van der Waals surface area contributed by atoms with Crippen molar-refractivity contribution >= 4 is 17.6 Å². The van der Waals surface area contributed by atoms with E-state index in [1.54, 1.807) is 0 Å². The van der Waals surface area contributed by atoms with Crippen molar-refractivity contribution in [2.45, 2.75) is 52.1 Å². The molecule has 0 spiro atoms. The Bertz CT molecular complexity index is 404. The second-order valence-electron chi connectivity index (χ2n) is 6.54. The van der Waals surface area contributed by atoms with Gasteiger partial charge in [0.2, 0.25) is 11.8 Å². The fraction of sp³-hybridized carbons (Fsp3) is 0.800. The minimum Gasteiger partial charge on any atom is -0.392 e. The van der Waals surface area contributed by atoms with E-state index in [2.05, 4.69) is 12.2 Å². The van der Waals surface area contributed by atoms with Gasteiger partial charge in [0.1, 0.15) is 5.78 Å². The smallest absolute Gasteiger partial charge is 0.226 e. The Morgan fingerprint density at radius 3 is 2.35 bits per heavy atom. The summed E-state index contributed by atoms with van der Waals surface area (Å²) in [6, 6.07) is 0. The van der Waals surface area contributed by atoms with Crippen molar-refractivity contribution in [1.82, 2.24) is 5.32 Å². The van der Waals surface area contributed by atoms with Crippen molar-refractivity contribution in [1.29, 1.82) is 0 Å². The van der Waals surface area contributed by atoms with Crippen LogP contribution < -0.4 is 5.32 Å². The maximum atomic E-state index is 12.2. The molecule has 2 aliphatic rings. The average molecular weight is 281 g/mol. The van der Waals surface area contributed by atoms with Crippen LogP contribution in [0.1, 0.15) is 46.0 Å². The molecule has 5 nitrogen and oxygen atoms in total. The normalized spacial score (nSPS) is 34.0. The van der Waals surface area contributed by atoms with Crippen molar-refractivity contribution in [2.75, 3.05) is 0 Å². The molecule has 1 saturated heterocycles. The van der Waals surface area contributed by atoms with Crippen LogP contribution in [0.2, 0.25) is 0 Å². The molecule has 1 aliphatic heterocycles. The number of aliphatic hydroxyl groups excluding tert-OH is 1. The highest BCUT2D eigenvalue weighted by molar-refractivity contribution is 5.97. The molecule has 20 heavy (non-hydrogen) atoms. The number of nitrogens with one attached hydrogen (secondary N) is 1. The number of piperidine rings is 1. The predicted octanol–water partition coefficient (Wildman–Crippen LogP) is 1.04. The topological polar surface area (TPSA) is 83.5 Å². The van der Waals surface area contributed by atoms with Crippen LogP contribution in [0.4, 0.5) is 0 Å². The Labute approximate surface area is 119 Å². The van der Waals surface area contributed by atoms with E-state index >= 15 is 0 Å². The summed E-state index contributed by atoms with van der Waals surface area (Å²) in [7, 11) is 0. The summed E-state index contributed by atoms with van der Waals surface area (Å²) in [6.07, 6.45) is 1.72. The lowest BCUT2D eigenvalue weighted by molar-refractivity contribution is -0.136. The largest absolute Gasteiger partial charge is 0.392 e. The second-order valence-corrected chi connectivity index (χ2v) is 6.54. The van der Waals surface area contributed by atoms with Gasteiger partial charge in [-0.2, -0.15) is 0 Å². The van der Waals surface area contributed by atoms with Crippen LogP contribution in [0.3, 0.4) is 0 Å². The molecule has 0 unspecified atom stereocenters. The van der Waals surface area contributed by atoms with Gasteiger partial charge >= 0.3 is 0 Å². The molecule has 1 saturated carbocycles. The zero-order valence-electron chi connectivity index (χ0n) is 12.1. The van der Waals surface area contributed by atoms with Gasteiger partial charge in [0.05, 0.1) is 6.10 Å². The van der Waals surface area contributed by atoms with Gasteiger partial charge in [-0.15, -0.1) is 0 Å². The van der Waals surface area contributed by atoms with Crippen molar-refractivity contribution in [3.05, 3.63) is 0 Å². The van der Waals surface area contributed by atoms with Gasteiger partial charge in [-0.1, -0.05) is 13.8 Å². The maximum Gasteiger partial charge on any atom is 0.226 e. The zero-order valence-corrected chi connectivity index (χ0v) is 12.1. The molecule has 0 aromatic carbocycles. The van der Waals surface area contributed by atoms with Gasteiger partial charge < -0.3 is 5.11 Å².